The lowest BCUT2D eigenvalue weighted by molar-refractivity contribution is 0.0816. The average molecular weight is 281 g/mol. The van der Waals surface area contributed by atoms with Gasteiger partial charge in [-0.3, -0.25) is 0 Å². The molecule has 0 saturated carbocycles. The van der Waals surface area contributed by atoms with E-state index in [-0.39, 0.29) is 0 Å². The van der Waals surface area contributed by atoms with Crippen LogP contribution in [0.25, 0.3) is 0 Å². The summed E-state index contributed by atoms with van der Waals surface area (Å²) in [5, 5.41) is 3.17. The lowest BCUT2D eigenvalue weighted by Crippen LogP contribution is -2.37. The fourth-order valence-electron chi connectivity index (χ4n) is 2.19. The molecule has 2 heterocycles. The molecule has 20 heavy (non-hydrogen) atoms. The first-order valence-corrected chi connectivity index (χ1v) is 7.08. The monoisotopic (exact) mass is 281 g/mol. The van der Waals surface area contributed by atoms with Gasteiger partial charge in [-0.15, -0.1) is 0 Å². The van der Waals surface area contributed by atoms with Crippen molar-refractivity contribution in [1.82, 2.24) is 15.0 Å². The molecule has 0 radical (unpaired) electrons. The topological polar surface area (TPSA) is 72.4 Å². The molecule has 7 heteroatoms. The molecule has 0 aliphatic carbocycles. The highest BCUT2D eigenvalue weighted by Gasteiger charge is 2.21. The maximum absolute atomic E-state index is 5.38. The number of anilines is 2. The van der Waals surface area contributed by atoms with Crippen molar-refractivity contribution in [1.29, 1.82) is 0 Å². The molecule has 0 unspecified atom stereocenters. The summed E-state index contributed by atoms with van der Waals surface area (Å²) in [6.07, 6.45) is 3.33. The van der Waals surface area contributed by atoms with Crippen molar-refractivity contribution >= 4 is 11.9 Å². The highest BCUT2D eigenvalue weighted by atomic mass is 16.5. The summed E-state index contributed by atoms with van der Waals surface area (Å²) in [6, 6.07) is 0.350. The maximum atomic E-state index is 5.38. The molecule has 1 aliphatic heterocycles. The van der Waals surface area contributed by atoms with Crippen LogP contribution in [-0.2, 0) is 4.74 Å². The Bertz CT molecular complexity index is 421. The zero-order valence-corrected chi connectivity index (χ0v) is 12.4. The van der Waals surface area contributed by atoms with E-state index in [1.165, 1.54) is 0 Å². The van der Waals surface area contributed by atoms with Gasteiger partial charge in [-0.25, -0.2) is 0 Å². The largest absolute Gasteiger partial charge is 0.467 e. The summed E-state index contributed by atoms with van der Waals surface area (Å²) in [7, 11) is 3.33. The molecule has 0 amide bonds. The normalized spacial score (nSPS) is 16.2. The molecular weight excluding hydrogens is 258 g/mol. The highest BCUT2D eigenvalue weighted by molar-refractivity contribution is 5.38. The second-order valence-corrected chi connectivity index (χ2v) is 4.79. The van der Waals surface area contributed by atoms with Crippen LogP contribution in [-0.4, -0.2) is 54.9 Å². The van der Waals surface area contributed by atoms with Crippen molar-refractivity contribution < 1.29 is 9.47 Å². The van der Waals surface area contributed by atoms with Crippen LogP contribution in [0.15, 0.2) is 0 Å². The standard InChI is InChI=1S/C13H23N5O2/c1-4-7-14-11-15-12(17-13(16-11)20-3)18-8-5-10(19-2)6-9-18/h10H,4-9H2,1-3H3,(H,14,15,16,17). The van der Waals surface area contributed by atoms with Gasteiger partial charge in [0.05, 0.1) is 13.2 Å². The second-order valence-electron chi connectivity index (χ2n) is 4.79. The number of nitrogens with zero attached hydrogens (tertiary/aromatic N) is 4. The Balaban J connectivity index is 2.10. The van der Waals surface area contributed by atoms with Crippen LogP contribution in [0.5, 0.6) is 6.01 Å². The minimum Gasteiger partial charge on any atom is -0.467 e. The third kappa shape index (κ3) is 3.69. The van der Waals surface area contributed by atoms with Crippen LogP contribution in [0, 0.1) is 0 Å². The third-order valence-electron chi connectivity index (χ3n) is 3.38. The van der Waals surface area contributed by atoms with Gasteiger partial charge in [0.2, 0.25) is 11.9 Å². The van der Waals surface area contributed by atoms with Crippen molar-refractivity contribution in [2.45, 2.75) is 32.3 Å². The summed E-state index contributed by atoms with van der Waals surface area (Å²) >= 11 is 0. The Hall–Kier alpha value is -1.63. The summed E-state index contributed by atoms with van der Waals surface area (Å²) < 4.78 is 10.5. The van der Waals surface area contributed by atoms with Crippen LogP contribution in [0.4, 0.5) is 11.9 Å². The van der Waals surface area contributed by atoms with Crippen molar-refractivity contribution in [2.75, 3.05) is 44.1 Å². The Morgan fingerprint density at radius 3 is 2.55 bits per heavy atom. The summed E-state index contributed by atoms with van der Waals surface area (Å²) in [4.78, 5) is 15.2. The maximum Gasteiger partial charge on any atom is 0.322 e. The molecule has 2 rings (SSSR count). The Morgan fingerprint density at radius 2 is 1.95 bits per heavy atom. The van der Waals surface area contributed by atoms with E-state index in [0.717, 1.165) is 38.9 Å². The fourth-order valence-corrected chi connectivity index (χ4v) is 2.19. The predicted octanol–water partition coefficient (Wildman–Crippen LogP) is 1.32. The molecule has 1 N–H and O–H groups in total. The van der Waals surface area contributed by atoms with E-state index >= 15 is 0 Å². The summed E-state index contributed by atoms with van der Waals surface area (Å²) in [6.45, 7) is 4.71. The molecule has 0 atom stereocenters. The van der Waals surface area contributed by atoms with E-state index in [0.29, 0.717) is 24.0 Å². The highest BCUT2D eigenvalue weighted by Crippen LogP contribution is 2.20. The smallest absolute Gasteiger partial charge is 0.322 e. The number of methoxy groups -OCH3 is 2. The number of ether oxygens (including phenoxy) is 2. The van der Waals surface area contributed by atoms with Crippen LogP contribution >= 0.6 is 0 Å². The summed E-state index contributed by atoms with van der Waals surface area (Å²) in [5.41, 5.74) is 0. The van der Waals surface area contributed by atoms with E-state index < -0.39 is 0 Å². The molecule has 7 nitrogen and oxygen atoms in total. The first kappa shape index (κ1) is 14.8. The number of piperidine rings is 1. The second kappa shape index (κ2) is 7.23. The SMILES string of the molecule is CCCNc1nc(OC)nc(N2CCC(OC)CC2)n1. The minimum atomic E-state index is 0.340. The van der Waals surface area contributed by atoms with E-state index in [1.807, 2.05) is 0 Å². The third-order valence-corrected chi connectivity index (χ3v) is 3.38. The van der Waals surface area contributed by atoms with Crippen LogP contribution in [0.3, 0.4) is 0 Å². The van der Waals surface area contributed by atoms with Crippen LogP contribution < -0.4 is 15.0 Å². The minimum absolute atomic E-state index is 0.340. The number of aromatic nitrogens is 3. The van der Waals surface area contributed by atoms with Gasteiger partial charge in [-0.2, -0.15) is 15.0 Å². The van der Waals surface area contributed by atoms with E-state index in [1.54, 1.807) is 14.2 Å². The Kier molecular flexibility index (Phi) is 5.34. The zero-order valence-electron chi connectivity index (χ0n) is 12.4. The molecule has 1 fully saturated rings. The molecule has 1 saturated heterocycles. The predicted molar refractivity (Wildman–Crippen MR) is 77.4 cm³/mol. The van der Waals surface area contributed by atoms with E-state index in [9.17, 15) is 0 Å². The van der Waals surface area contributed by atoms with Crippen molar-refractivity contribution in [2.24, 2.45) is 0 Å². The van der Waals surface area contributed by atoms with Gasteiger partial charge in [-0.1, -0.05) is 6.92 Å². The number of rotatable bonds is 6. The quantitative estimate of drug-likeness (QED) is 0.843. The van der Waals surface area contributed by atoms with Gasteiger partial charge in [0, 0.05) is 26.7 Å². The molecular formula is C13H23N5O2. The van der Waals surface area contributed by atoms with Gasteiger partial charge in [0.1, 0.15) is 0 Å². The molecule has 0 spiro atoms. The molecule has 0 aromatic carbocycles. The number of hydrogen-bond donors (Lipinski definition) is 1. The zero-order chi connectivity index (χ0) is 14.4. The van der Waals surface area contributed by atoms with Gasteiger partial charge in [0.25, 0.3) is 0 Å². The van der Waals surface area contributed by atoms with Gasteiger partial charge < -0.3 is 19.7 Å². The lowest BCUT2D eigenvalue weighted by Gasteiger charge is -2.31. The average Bonchev–Trinajstić information content (AvgIpc) is 2.52. The van der Waals surface area contributed by atoms with E-state index in [2.05, 4.69) is 32.1 Å². The lowest BCUT2D eigenvalue weighted by atomic mass is 10.1. The van der Waals surface area contributed by atoms with Gasteiger partial charge >= 0.3 is 6.01 Å². The molecule has 1 aromatic rings. The first-order chi connectivity index (χ1) is 9.76. The fraction of sp³-hybridized carbons (Fsp3) is 0.769. The molecule has 112 valence electrons. The number of hydrogen-bond acceptors (Lipinski definition) is 7. The number of nitrogens with one attached hydrogen (secondary N) is 1. The van der Waals surface area contributed by atoms with Crippen molar-refractivity contribution in [3.05, 3.63) is 0 Å². The summed E-state index contributed by atoms with van der Waals surface area (Å²) in [5.74, 6) is 1.24. The van der Waals surface area contributed by atoms with Crippen LogP contribution in [0.1, 0.15) is 26.2 Å². The molecule has 0 bridgehead atoms. The Labute approximate surface area is 119 Å². The Morgan fingerprint density at radius 1 is 1.20 bits per heavy atom. The molecule has 1 aliphatic rings. The van der Waals surface area contributed by atoms with Gasteiger partial charge in [-0.05, 0) is 19.3 Å². The molecule has 1 aromatic heterocycles. The van der Waals surface area contributed by atoms with E-state index in [4.69, 9.17) is 9.47 Å². The first-order valence-electron chi connectivity index (χ1n) is 7.08. The van der Waals surface area contributed by atoms with Crippen LogP contribution in [0.2, 0.25) is 0 Å². The van der Waals surface area contributed by atoms with Gasteiger partial charge in [0.15, 0.2) is 0 Å². The van der Waals surface area contributed by atoms with Crippen molar-refractivity contribution in [3.8, 4) is 6.01 Å². The van der Waals surface area contributed by atoms with Crippen molar-refractivity contribution in [3.63, 3.8) is 0 Å².